The molecule has 5 nitrogen and oxygen atoms in total. The molecule has 5 rings (SSSR count). The minimum Gasteiger partial charge on any atom is -0.348 e. The van der Waals surface area contributed by atoms with E-state index in [1.807, 2.05) is 49.4 Å². The fourth-order valence-electron chi connectivity index (χ4n) is 4.18. The number of piperidine rings is 1. The van der Waals surface area contributed by atoms with Crippen LogP contribution in [0.3, 0.4) is 0 Å². The Bertz CT molecular complexity index is 1250. The molecule has 7 heteroatoms. The van der Waals surface area contributed by atoms with Crippen LogP contribution in [0.1, 0.15) is 37.6 Å². The third kappa shape index (κ3) is 4.38. The second-order valence-electron chi connectivity index (χ2n) is 8.57. The molecule has 0 spiro atoms. The van der Waals surface area contributed by atoms with Gasteiger partial charge in [-0.3, -0.25) is 0 Å². The van der Waals surface area contributed by atoms with Gasteiger partial charge in [-0.15, -0.1) is 0 Å². The molecule has 1 fully saturated rings. The Morgan fingerprint density at radius 1 is 0.970 bits per heavy atom. The van der Waals surface area contributed by atoms with Crippen molar-refractivity contribution in [2.45, 2.75) is 31.7 Å². The van der Waals surface area contributed by atoms with Crippen LogP contribution in [-0.4, -0.2) is 28.0 Å². The lowest BCUT2D eigenvalue weighted by atomic mass is 9.92. The summed E-state index contributed by atoms with van der Waals surface area (Å²) in [7, 11) is 0. The first kappa shape index (κ1) is 21.7. The summed E-state index contributed by atoms with van der Waals surface area (Å²) in [6.07, 6.45) is 5.30. The van der Waals surface area contributed by atoms with E-state index < -0.39 is 5.54 Å². The summed E-state index contributed by atoms with van der Waals surface area (Å²) in [6, 6.07) is 18.3. The highest BCUT2D eigenvalue weighted by Crippen LogP contribution is 2.40. The molecule has 4 aromatic rings. The van der Waals surface area contributed by atoms with Crippen molar-refractivity contribution in [1.29, 1.82) is 0 Å². The number of hydrogen-bond acceptors (Lipinski definition) is 6. The molecule has 1 saturated heterocycles. The number of anilines is 1. The molecule has 168 valence electrons. The first-order valence-corrected chi connectivity index (χ1v) is 12.0. The van der Waals surface area contributed by atoms with E-state index in [-0.39, 0.29) is 5.82 Å². The number of nitrogens with zero attached hydrogens (tertiary/aromatic N) is 4. The number of nitrogens with two attached hydrogens (primary N) is 1. The van der Waals surface area contributed by atoms with Crippen LogP contribution < -0.4 is 10.6 Å². The highest BCUT2D eigenvalue weighted by atomic mass is 32.1. The van der Waals surface area contributed by atoms with Gasteiger partial charge in [0.25, 0.3) is 0 Å². The molecule has 0 aliphatic carbocycles. The largest absolute Gasteiger partial charge is 0.348 e. The normalized spacial score (nSPS) is 15.9. The second-order valence-corrected chi connectivity index (χ2v) is 9.54. The number of rotatable bonds is 5. The monoisotopic (exact) mass is 459 g/mol. The number of halogens is 1. The molecule has 1 atom stereocenters. The zero-order valence-electron chi connectivity index (χ0n) is 18.5. The molecule has 1 aliphatic heterocycles. The fourth-order valence-corrected chi connectivity index (χ4v) is 5.29. The first-order valence-electron chi connectivity index (χ1n) is 11.2. The summed E-state index contributed by atoms with van der Waals surface area (Å²) >= 11 is 1.60. The number of thiazole rings is 1. The van der Waals surface area contributed by atoms with E-state index in [1.165, 1.54) is 18.6 Å². The smallest absolute Gasteiger partial charge is 0.186 e. The molecule has 0 unspecified atom stereocenters. The Morgan fingerprint density at radius 3 is 2.52 bits per heavy atom. The molecule has 0 radical (unpaired) electrons. The summed E-state index contributed by atoms with van der Waals surface area (Å²) in [4.78, 5) is 17.6. The SMILES string of the molecule is C[C@](N)(c1ccccc1)c1nccc(-c2sc(N3CCCCC3)nc2-c2cccc(F)c2)n1. The molecule has 0 bridgehead atoms. The zero-order valence-corrected chi connectivity index (χ0v) is 19.4. The van der Waals surface area contributed by atoms with Crippen LogP contribution in [0.25, 0.3) is 21.8 Å². The van der Waals surface area contributed by atoms with Crippen LogP contribution in [0.4, 0.5) is 9.52 Å². The third-order valence-electron chi connectivity index (χ3n) is 6.07. The van der Waals surface area contributed by atoms with Crippen LogP contribution in [0.2, 0.25) is 0 Å². The lowest BCUT2D eigenvalue weighted by molar-refractivity contribution is 0.558. The van der Waals surface area contributed by atoms with Crippen molar-refractivity contribution in [1.82, 2.24) is 15.0 Å². The van der Waals surface area contributed by atoms with E-state index >= 15 is 0 Å². The van der Waals surface area contributed by atoms with Gasteiger partial charge in [0.2, 0.25) is 0 Å². The Labute approximate surface area is 197 Å². The second kappa shape index (κ2) is 9.00. The Morgan fingerprint density at radius 2 is 1.76 bits per heavy atom. The topological polar surface area (TPSA) is 67.9 Å². The highest BCUT2D eigenvalue weighted by molar-refractivity contribution is 7.19. The van der Waals surface area contributed by atoms with Crippen LogP contribution in [0.5, 0.6) is 0 Å². The van der Waals surface area contributed by atoms with Crippen LogP contribution >= 0.6 is 11.3 Å². The zero-order chi connectivity index (χ0) is 22.8. The Kier molecular flexibility index (Phi) is 5.91. The molecular formula is C26H26FN5S. The maximum absolute atomic E-state index is 14.1. The van der Waals surface area contributed by atoms with Crippen LogP contribution in [0, 0.1) is 5.82 Å². The summed E-state index contributed by atoms with van der Waals surface area (Å²) in [6.45, 7) is 3.89. The third-order valence-corrected chi connectivity index (χ3v) is 7.21. The maximum Gasteiger partial charge on any atom is 0.186 e. The van der Waals surface area contributed by atoms with Gasteiger partial charge in [-0.05, 0) is 49.9 Å². The van der Waals surface area contributed by atoms with E-state index in [9.17, 15) is 4.39 Å². The minimum atomic E-state index is -0.851. The van der Waals surface area contributed by atoms with Gasteiger partial charge in [0.15, 0.2) is 11.0 Å². The van der Waals surface area contributed by atoms with Crippen molar-refractivity contribution < 1.29 is 4.39 Å². The molecule has 0 amide bonds. The van der Waals surface area contributed by atoms with Gasteiger partial charge >= 0.3 is 0 Å². The van der Waals surface area contributed by atoms with Crippen molar-refractivity contribution in [3.63, 3.8) is 0 Å². The molecule has 33 heavy (non-hydrogen) atoms. The van der Waals surface area contributed by atoms with Crippen molar-refractivity contribution in [2.75, 3.05) is 18.0 Å². The van der Waals surface area contributed by atoms with Crippen molar-refractivity contribution in [3.8, 4) is 21.8 Å². The summed E-state index contributed by atoms with van der Waals surface area (Å²) < 4.78 is 14.1. The van der Waals surface area contributed by atoms with E-state index in [1.54, 1.807) is 23.6 Å². The summed E-state index contributed by atoms with van der Waals surface area (Å²) in [5.41, 5.74) is 9.01. The molecule has 2 aromatic heterocycles. The Hall–Kier alpha value is -3.16. The van der Waals surface area contributed by atoms with Gasteiger partial charge in [-0.1, -0.05) is 53.8 Å². The van der Waals surface area contributed by atoms with Crippen LogP contribution in [0.15, 0.2) is 66.9 Å². The van der Waals surface area contributed by atoms with E-state index in [0.29, 0.717) is 5.82 Å². The van der Waals surface area contributed by atoms with Gasteiger partial charge in [0.05, 0.1) is 21.8 Å². The quantitative estimate of drug-likeness (QED) is 0.420. The van der Waals surface area contributed by atoms with Crippen molar-refractivity contribution in [3.05, 3.63) is 84.1 Å². The summed E-state index contributed by atoms with van der Waals surface area (Å²) in [5, 5.41) is 0.947. The Balaban J connectivity index is 1.61. The van der Waals surface area contributed by atoms with Gasteiger partial charge < -0.3 is 10.6 Å². The van der Waals surface area contributed by atoms with Gasteiger partial charge in [0, 0.05) is 24.8 Å². The fraction of sp³-hybridized carbons (Fsp3) is 0.269. The van der Waals surface area contributed by atoms with Crippen molar-refractivity contribution in [2.24, 2.45) is 5.73 Å². The van der Waals surface area contributed by atoms with Gasteiger partial charge in [0.1, 0.15) is 5.82 Å². The predicted octanol–water partition coefficient (Wildman–Crippen LogP) is 5.62. The molecule has 3 heterocycles. The van der Waals surface area contributed by atoms with Crippen LogP contribution in [-0.2, 0) is 5.54 Å². The minimum absolute atomic E-state index is 0.284. The maximum atomic E-state index is 14.1. The molecule has 2 aromatic carbocycles. The predicted molar refractivity (Wildman–Crippen MR) is 132 cm³/mol. The lowest BCUT2D eigenvalue weighted by Crippen LogP contribution is -2.36. The van der Waals surface area contributed by atoms with Gasteiger partial charge in [-0.2, -0.15) is 0 Å². The lowest BCUT2D eigenvalue weighted by Gasteiger charge is -2.25. The van der Waals surface area contributed by atoms with E-state index in [2.05, 4.69) is 9.88 Å². The van der Waals surface area contributed by atoms with Gasteiger partial charge in [-0.25, -0.2) is 19.3 Å². The number of benzene rings is 2. The molecule has 2 N–H and O–H groups in total. The first-order chi connectivity index (χ1) is 16.0. The number of aromatic nitrogens is 3. The highest BCUT2D eigenvalue weighted by Gasteiger charge is 2.28. The molecular weight excluding hydrogens is 433 g/mol. The average molecular weight is 460 g/mol. The van der Waals surface area contributed by atoms with E-state index in [4.69, 9.17) is 15.7 Å². The number of hydrogen-bond donors (Lipinski definition) is 1. The average Bonchev–Trinajstić information content (AvgIpc) is 3.31. The molecule has 0 saturated carbocycles. The standard InChI is InChI=1S/C26H26FN5S/c1-26(28,19-10-4-2-5-11-19)24-29-14-13-21(30-24)23-22(18-9-8-12-20(27)17-18)31-25(33-23)32-15-6-3-7-16-32/h2,4-5,8-14,17H,3,6-7,15-16,28H2,1H3/t26-/m0/s1. The van der Waals surface area contributed by atoms with Crippen molar-refractivity contribution >= 4 is 16.5 Å². The summed E-state index contributed by atoms with van der Waals surface area (Å²) in [5.74, 6) is 0.247. The molecule has 1 aliphatic rings. The van der Waals surface area contributed by atoms with E-state index in [0.717, 1.165) is 58.5 Å².